The summed E-state index contributed by atoms with van der Waals surface area (Å²) in [7, 11) is 1.60. The molecule has 0 radical (unpaired) electrons. The number of hydrogen-bond acceptors (Lipinski definition) is 5. The van der Waals surface area contributed by atoms with Crippen LogP contribution in [0.2, 0.25) is 0 Å². The summed E-state index contributed by atoms with van der Waals surface area (Å²) in [4.78, 5) is 32.9. The fraction of sp³-hybridized carbons (Fsp3) is 0.412. The Morgan fingerprint density at radius 2 is 2.04 bits per heavy atom. The summed E-state index contributed by atoms with van der Waals surface area (Å²) in [5.41, 5.74) is 0.780. The highest BCUT2D eigenvalue weighted by molar-refractivity contribution is 6.04. The molecular weight excluding hydrogens is 322 g/mol. The van der Waals surface area contributed by atoms with E-state index in [1.165, 1.54) is 6.33 Å². The average Bonchev–Trinajstić information content (AvgIpc) is 3.27. The van der Waals surface area contributed by atoms with Crippen LogP contribution in [0, 0.1) is 5.92 Å². The number of nitrogens with zero attached hydrogens (tertiary/aromatic N) is 5. The van der Waals surface area contributed by atoms with Crippen LogP contribution in [-0.2, 0) is 16.1 Å². The third-order valence-electron chi connectivity index (χ3n) is 4.71. The molecule has 2 aliphatic rings. The van der Waals surface area contributed by atoms with Gasteiger partial charge in [-0.1, -0.05) is 0 Å². The Morgan fingerprint density at radius 3 is 2.80 bits per heavy atom. The van der Waals surface area contributed by atoms with Crippen molar-refractivity contribution in [2.45, 2.75) is 19.4 Å². The molecule has 4 rings (SSSR count). The van der Waals surface area contributed by atoms with Crippen LogP contribution in [0.15, 0.2) is 30.6 Å². The second-order valence-corrected chi connectivity index (χ2v) is 6.23. The van der Waals surface area contributed by atoms with Gasteiger partial charge in [-0.3, -0.25) is 14.5 Å². The third-order valence-corrected chi connectivity index (χ3v) is 4.71. The summed E-state index contributed by atoms with van der Waals surface area (Å²) in [6.45, 7) is 1.76. The number of rotatable bonds is 3. The van der Waals surface area contributed by atoms with Crippen molar-refractivity contribution < 1.29 is 14.3 Å². The Hall–Kier alpha value is -2.90. The minimum atomic E-state index is -0.363. The first-order valence-electron chi connectivity index (χ1n) is 8.31. The monoisotopic (exact) mass is 341 g/mol. The molecule has 25 heavy (non-hydrogen) atoms. The highest BCUT2D eigenvalue weighted by atomic mass is 16.5. The van der Waals surface area contributed by atoms with Crippen molar-refractivity contribution in [2.75, 3.05) is 30.0 Å². The van der Waals surface area contributed by atoms with Gasteiger partial charge in [0.25, 0.3) is 0 Å². The first-order valence-corrected chi connectivity index (χ1v) is 8.31. The summed E-state index contributed by atoms with van der Waals surface area (Å²) < 4.78 is 6.88. The van der Waals surface area contributed by atoms with Gasteiger partial charge in [-0.2, -0.15) is 10.1 Å². The summed E-state index contributed by atoms with van der Waals surface area (Å²) >= 11 is 0. The Bertz CT molecular complexity index is 801. The molecule has 1 atom stereocenters. The molecule has 8 heteroatoms. The lowest BCUT2D eigenvalue weighted by atomic mass is 10.1. The fourth-order valence-electron chi connectivity index (χ4n) is 3.42. The Kier molecular flexibility index (Phi) is 3.87. The van der Waals surface area contributed by atoms with Gasteiger partial charge >= 0.3 is 0 Å². The average molecular weight is 341 g/mol. The summed E-state index contributed by atoms with van der Waals surface area (Å²) in [5.74, 6) is 0.848. The van der Waals surface area contributed by atoms with E-state index in [-0.39, 0.29) is 24.2 Å². The number of aryl methyl sites for hydroxylation is 1. The quantitative estimate of drug-likeness (QED) is 0.834. The zero-order valence-electron chi connectivity index (χ0n) is 14.0. The molecule has 2 aliphatic heterocycles. The Labute approximate surface area is 145 Å². The van der Waals surface area contributed by atoms with Gasteiger partial charge in [-0.05, 0) is 30.7 Å². The lowest BCUT2D eigenvalue weighted by Crippen LogP contribution is -2.42. The van der Waals surface area contributed by atoms with Gasteiger partial charge in [0.15, 0.2) is 0 Å². The van der Waals surface area contributed by atoms with Gasteiger partial charge in [0.05, 0.1) is 13.0 Å². The number of fused-ring (bicyclic) bond motifs is 1. The molecule has 130 valence electrons. The molecular formula is C17H19N5O3. The maximum Gasteiger partial charge on any atom is 0.234 e. The number of benzene rings is 1. The van der Waals surface area contributed by atoms with Crippen LogP contribution in [0.1, 0.15) is 12.8 Å². The predicted octanol–water partition coefficient (Wildman–Crippen LogP) is 1.08. The molecule has 1 aromatic carbocycles. The number of ether oxygens (including phenoxy) is 1. The van der Waals surface area contributed by atoms with Crippen LogP contribution in [0.3, 0.4) is 0 Å². The van der Waals surface area contributed by atoms with Gasteiger partial charge in [0.1, 0.15) is 12.1 Å². The number of amides is 2. The molecule has 0 saturated carbocycles. The molecule has 0 bridgehead atoms. The summed E-state index contributed by atoms with van der Waals surface area (Å²) in [6, 6.07) is 7.29. The topological polar surface area (TPSA) is 80.6 Å². The van der Waals surface area contributed by atoms with Crippen molar-refractivity contribution in [1.29, 1.82) is 0 Å². The molecule has 1 saturated heterocycles. The zero-order chi connectivity index (χ0) is 17.4. The molecule has 0 N–H and O–H groups in total. The van der Waals surface area contributed by atoms with Crippen LogP contribution >= 0.6 is 0 Å². The number of aromatic nitrogens is 3. The Morgan fingerprint density at radius 1 is 1.24 bits per heavy atom. The van der Waals surface area contributed by atoms with Crippen molar-refractivity contribution in [3.05, 3.63) is 30.6 Å². The molecule has 1 fully saturated rings. The largest absolute Gasteiger partial charge is 0.497 e. The molecule has 3 heterocycles. The first kappa shape index (κ1) is 15.6. The zero-order valence-corrected chi connectivity index (χ0v) is 14.0. The van der Waals surface area contributed by atoms with Gasteiger partial charge in [-0.25, -0.2) is 4.68 Å². The molecule has 1 aromatic heterocycles. The molecule has 0 spiro atoms. The number of methoxy groups -OCH3 is 1. The van der Waals surface area contributed by atoms with E-state index >= 15 is 0 Å². The highest BCUT2D eigenvalue weighted by Crippen LogP contribution is 2.29. The van der Waals surface area contributed by atoms with Crippen molar-refractivity contribution in [2.24, 2.45) is 5.92 Å². The summed E-state index contributed by atoms with van der Waals surface area (Å²) in [5, 5.41) is 4.13. The van der Waals surface area contributed by atoms with Gasteiger partial charge in [0, 0.05) is 31.7 Å². The van der Waals surface area contributed by atoms with E-state index in [1.54, 1.807) is 21.6 Å². The predicted molar refractivity (Wildman–Crippen MR) is 90.4 cm³/mol. The Balaban J connectivity index is 1.51. The van der Waals surface area contributed by atoms with Crippen LogP contribution in [0.4, 0.5) is 11.6 Å². The molecule has 2 amide bonds. The number of carbonyl (C=O) groups is 2. The molecule has 2 aromatic rings. The van der Waals surface area contributed by atoms with Crippen molar-refractivity contribution in [3.8, 4) is 5.75 Å². The van der Waals surface area contributed by atoms with E-state index in [0.29, 0.717) is 19.0 Å². The van der Waals surface area contributed by atoms with Crippen molar-refractivity contribution in [3.63, 3.8) is 0 Å². The molecule has 0 unspecified atom stereocenters. The minimum Gasteiger partial charge on any atom is -0.497 e. The second-order valence-electron chi connectivity index (χ2n) is 6.23. The first-order chi connectivity index (χ1) is 12.2. The lowest BCUT2D eigenvalue weighted by Gasteiger charge is -2.28. The van der Waals surface area contributed by atoms with Crippen LogP contribution in [-0.4, -0.2) is 46.8 Å². The van der Waals surface area contributed by atoms with Crippen molar-refractivity contribution >= 4 is 23.5 Å². The lowest BCUT2D eigenvalue weighted by molar-refractivity contribution is -0.124. The number of anilines is 2. The summed E-state index contributed by atoms with van der Waals surface area (Å²) in [6.07, 6.45) is 2.52. The maximum atomic E-state index is 12.9. The highest BCUT2D eigenvalue weighted by Gasteiger charge is 2.39. The van der Waals surface area contributed by atoms with E-state index in [0.717, 1.165) is 24.4 Å². The van der Waals surface area contributed by atoms with E-state index in [1.807, 2.05) is 24.3 Å². The molecule has 0 aliphatic carbocycles. The smallest absolute Gasteiger partial charge is 0.234 e. The SMILES string of the molecule is COc1ccc(N2C[C@@H](C(=O)N3CCCn4ncnc43)CC2=O)cc1. The van der Waals surface area contributed by atoms with Gasteiger partial charge < -0.3 is 9.64 Å². The van der Waals surface area contributed by atoms with Gasteiger partial charge in [0.2, 0.25) is 17.8 Å². The number of carbonyl (C=O) groups excluding carboxylic acids is 2. The fourth-order valence-corrected chi connectivity index (χ4v) is 3.42. The van der Waals surface area contributed by atoms with Crippen LogP contribution in [0.5, 0.6) is 5.75 Å². The second kappa shape index (κ2) is 6.19. The van der Waals surface area contributed by atoms with Crippen molar-refractivity contribution in [1.82, 2.24) is 14.8 Å². The molecule has 8 nitrogen and oxygen atoms in total. The van der Waals surface area contributed by atoms with Crippen LogP contribution < -0.4 is 14.5 Å². The van der Waals surface area contributed by atoms with Crippen LogP contribution in [0.25, 0.3) is 0 Å². The van der Waals surface area contributed by atoms with Gasteiger partial charge in [-0.15, -0.1) is 0 Å². The minimum absolute atomic E-state index is 0.0398. The van der Waals surface area contributed by atoms with E-state index < -0.39 is 0 Å². The van der Waals surface area contributed by atoms with E-state index in [4.69, 9.17) is 4.74 Å². The van der Waals surface area contributed by atoms with E-state index in [2.05, 4.69) is 10.1 Å². The maximum absolute atomic E-state index is 12.9. The normalized spacial score (nSPS) is 19.9. The third kappa shape index (κ3) is 2.73. The van der Waals surface area contributed by atoms with E-state index in [9.17, 15) is 9.59 Å². The number of hydrogen-bond donors (Lipinski definition) is 0. The standard InChI is InChI=1S/C17H19N5O3/c1-25-14-5-3-13(4-6-14)21-10-12(9-15(21)23)16(24)20-7-2-8-22-17(20)18-11-19-22/h3-6,11-12H,2,7-10H2,1H3/t12-/m0/s1.